The maximum Gasteiger partial charge on any atom is 0.313 e. The minimum absolute atomic E-state index is 0.00298. The van der Waals surface area contributed by atoms with Crippen molar-refractivity contribution in [1.82, 2.24) is 0 Å². The molecule has 14 heavy (non-hydrogen) atoms. The number of Topliss-reactive ketones (excluding diaryl/α,β-unsaturated/α-hetero) is 1. The van der Waals surface area contributed by atoms with E-state index in [2.05, 4.69) is 4.74 Å². The molecule has 0 N–H and O–H groups in total. The molecule has 0 aliphatic heterocycles. The van der Waals surface area contributed by atoms with Gasteiger partial charge in [-0.1, -0.05) is 13.8 Å². The fourth-order valence-electron chi connectivity index (χ4n) is 0.833. The van der Waals surface area contributed by atoms with Gasteiger partial charge < -0.3 is 9.47 Å². The highest BCUT2D eigenvalue weighted by molar-refractivity contribution is 5.96. The molecule has 0 aromatic carbocycles. The minimum Gasteiger partial charge on any atom is -0.466 e. The number of rotatable bonds is 7. The molecule has 0 aromatic heterocycles. The molecule has 0 radical (unpaired) electrons. The molecule has 0 aliphatic rings. The Morgan fingerprint density at radius 1 is 1.29 bits per heavy atom. The molecule has 0 saturated heterocycles. The van der Waals surface area contributed by atoms with Gasteiger partial charge in [0, 0.05) is 6.61 Å². The zero-order chi connectivity index (χ0) is 11.0. The first-order chi connectivity index (χ1) is 6.56. The van der Waals surface area contributed by atoms with Crippen LogP contribution in [0.15, 0.2) is 0 Å². The lowest BCUT2D eigenvalue weighted by Gasteiger charge is -2.05. The van der Waals surface area contributed by atoms with Crippen molar-refractivity contribution in [2.24, 2.45) is 5.92 Å². The summed E-state index contributed by atoms with van der Waals surface area (Å²) in [5, 5.41) is 0. The van der Waals surface area contributed by atoms with Crippen molar-refractivity contribution in [3.63, 3.8) is 0 Å². The fourth-order valence-corrected chi connectivity index (χ4v) is 0.833. The summed E-state index contributed by atoms with van der Waals surface area (Å²) in [4.78, 5) is 21.9. The SMILES string of the molecule is CCOC(=O)CC(=O)COCC(C)C. The maximum atomic E-state index is 11.1. The molecule has 0 amide bonds. The van der Waals surface area contributed by atoms with Crippen LogP contribution in [0.2, 0.25) is 0 Å². The smallest absolute Gasteiger partial charge is 0.313 e. The Bertz CT molecular complexity index is 187. The highest BCUT2D eigenvalue weighted by Gasteiger charge is 2.10. The maximum absolute atomic E-state index is 11.1. The summed E-state index contributed by atoms with van der Waals surface area (Å²) < 4.78 is 9.70. The lowest BCUT2D eigenvalue weighted by Crippen LogP contribution is -2.17. The Morgan fingerprint density at radius 2 is 1.93 bits per heavy atom. The molecule has 0 atom stereocenters. The normalized spacial score (nSPS) is 10.3. The van der Waals surface area contributed by atoms with E-state index in [0.717, 1.165) is 0 Å². The van der Waals surface area contributed by atoms with E-state index in [-0.39, 0.29) is 18.8 Å². The predicted octanol–water partition coefficient (Wildman–Crippen LogP) is 1.18. The zero-order valence-corrected chi connectivity index (χ0v) is 9.04. The third kappa shape index (κ3) is 7.73. The quantitative estimate of drug-likeness (QED) is 0.459. The summed E-state index contributed by atoms with van der Waals surface area (Å²) in [5.41, 5.74) is 0. The average Bonchev–Trinajstić information content (AvgIpc) is 2.03. The van der Waals surface area contributed by atoms with Crippen LogP contribution in [0, 0.1) is 5.92 Å². The van der Waals surface area contributed by atoms with E-state index in [1.54, 1.807) is 6.92 Å². The third-order valence-corrected chi connectivity index (χ3v) is 1.36. The number of carbonyl (C=O) groups is 2. The summed E-state index contributed by atoms with van der Waals surface area (Å²) in [7, 11) is 0. The molecular weight excluding hydrogens is 184 g/mol. The molecule has 0 saturated carbocycles. The standard InChI is InChI=1S/C10H18O4/c1-4-14-10(12)5-9(11)7-13-6-8(2)3/h8H,4-7H2,1-3H3. The third-order valence-electron chi connectivity index (χ3n) is 1.36. The second-order valence-corrected chi connectivity index (χ2v) is 3.43. The number of ketones is 1. The van der Waals surface area contributed by atoms with Gasteiger partial charge in [-0.3, -0.25) is 9.59 Å². The highest BCUT2D eigenvalue weighted by Crippen LogP contribution is 1.94. The first-order valence-electron chi connectivity index (χ1n) is 4.81. The van der Waals surface area contributed by atoms with Crippen LogP contribution in [-0.2, 0) is 19.1 Å². The summed E-state index contributed by atoms with van der Waals surface area (Å²) in [5.74, 6) is -0.319. The molecule has 82 valence electrons. The van der Waals surface area contributed by atoms with Crippen molar-refractivity contribution in [2.45, 2.75) is 27.2 Å². The molecule has 0 bridgehead atoms. The van der Waals surface area contributed by atoms with E-state index in [9.17, 15) is 9.59 Å². The zero-order valence-electron chi connectivity index (χ0n) is 9.04. The van der Waals surface area contributed by atoms with E-state index < -0.39 is 5.97 Å². The van der Waals surface area contributed by atoms with Crippen LogP contribution in [0.3, 0.4) is 0 Å². The van der Waals surface area contributed by atoms with Gasteiger partial charge in [0.2, 0.25) is 0 Å². The molecule has 4 heteroatoms. The van der Waals surface area contributed by atoms with Gasteiger partial charge in [-0.25, -0.2) is 0 Å². The van der Waals surface area contributed by atoms with Crippen LogP contribution in [0.4, 0.5) is 0 Å². The van der Waals surface area contributed by atoms with Crippen LogP contribution >= 0.6 is 0 Å². The summed E-state index contributed by atoms with van der Waals surface area (Å²) >= 11 is 0. The van der Waals surface area contributed by atoms with Crippen molar-refractivity contribution in [3.05, 3.63) is 0 Å². The topological polar surface area (TPSA) is 52.6 Å². The van der Waals surface area contributed by atoms with Crippen molar-refractivity contribution >= 4 is 11.8 Å². The van der Waals surface area contributed by atoms with E-state index >= 15 is 0 Å². The Kier molecular flexibility index (Phi) is 7.02. The number of hydrogen-bond donors (Lipinski definition) is 0. The number of hydrogen-bond acceptors (Lipinski definition) is 4. The Hall–Kier alpha value is -0.900. The molecule has 0 aliphatic carbocycles. The van der Waals surface area contributed by atoms with Crippen LogP contribution in [-0.4, -0.2) is 31.6 Å². The lowest BCUT2D eigenvalue weighted by molar-refractivity contribution is -0.146. The van der Waals surface area contributed by atoms with Crippen molar-refractivity contribution in [2.75, 3.05) is 19.8 Å². The number of esters is 1. The lowest BCUT2D eigenvalue weighted by atomic mass is 10.2. The highest BCUT2D eigenvalue weighted by atomic mass is 16.5. The van der Waals surface area contributed by atoms with Crippen LogP contribution in [0.25, 0.3) is 0 Å². The van der Waals surface area contributed by atoms with Crippen LogP contribution in [0.5, 0.6) is 0 Å². The Morgan fingerprint density at radius 3 is 2.43 bits per heavy atom. The number of ether oxygens (including phenoxy) is 2. The van der Waals surface area contributed by atoms with Gasteiger partial charge in [0.15, 0.2) is 5.78 Å². The average molecular weight is 202 g/mol. The first-order valence-corrected chi connectivity index (χ1v) is 4.81. The largest absolute Gasteiger partial charge is 0.466 e. The molecule has 0 rings (SSSR count). The summed E-state index contributed by atoms with van der Waals surface area (Å²) in [6.07, 6.45) is -0.189. The molecule has 4 nitrogen and oxygen atoms in total. The minimum atomic E-state index is -0.481. The van der Waals surface area contributed by atoms with Crippen molar-refractivity contribution < 1.29 is 19.1 Å². The van der Waals surface area contributed by atoms with Gasteiger partial charge in [-0.05, 0) is 12.8 Å². The molecule has 0 spiro atoms. The molecule has 0 unspecified atom stereocenters. The van der Waals surface area contributed by atoms with Gasteiger partial charge in [-0.2, -0.15) is 0 Å². The monoisotopic (exact) mass is 202 g/mol. The molecular formula is C10H18O4. The Labute approximate surface area is 84.6 Å². The van der Waals surface area contributed by atoms with Gasteiger partial charge in [0.1, 0.15) is 13.0 Å². The van der Waals surface area contributed by atoms with Gasteiger partial charge in [0.25, 0.3) is 0 Å². The predicted molar refractivity (Wildman–Crippen MR) is 51.9 cm³/mol. The second kappa shape index (κ2) is 7.50. The van der Waals surface area contributed by atoms with Crippen LogP contribution < -0.4 is 0 Å². The molecule has 0 heterocycles. The van der Waals surface area contributed by atoms with E-state index in [1.165, 1.54) is 0 Å². The van der Waals surface area contributed by atoms with Crippen LogP contribution in [0.1, 0.15) is 27.2 Å². The molecule has 0 aromatic rings. The van der Waals surface area contributed by atoms with Gasteiger partial charge >= 0.3 is 5.97 Å². The van der Waals surface area contributed by atoms with Crippen molar-refractivity contribution in [1.29, 1.82) is 0 Å². The number of carbonyl (C=O) groups excluding carboxylic acids is 2. The summed E-state index contributed by atoms with van der Waals surface area (Å²) in [6.45, 7) is 6.54. The van der Waals surface area contributed by atoms with Gasteiger partial charge in [-0.15, -0.1) is 0 Å². The Balaban J connectivity index is 3.50. The van der Waals surface area contributed by atoms with Gasteiger partial charge in [0.05, 0.1) is 6.61 Å². The van der Waals surface area contributed by atoms with E-state index in [4.69, 9.17) is 4.74 Å². The van der Waals surface area contributed by atoms with Crippen molar-refractivity contribution in [3.8, 4) is 0 Å². The second-order valence-electron chi connectivity index (χ2n) is 3.43. The van der Waals surface area contributed by atoms with E-state index in [1.807, 2.05) is 13.8 Å². The molecule has 0 fully saturated rings. The fraction of sp³-hybridized carbons (Fsp3) is 0.800. The van der Waals surface area contributed by atoms with E-state index in [0.29, 0.717) is 19.1 Å². The first kappa shape index (κ1) is 13.1. The summed E-state index contributed by atoms with van der Waals surface area (Å²) in [6, 6.07) is 0.